The number of nitrogens with zero attached hydrogens (tertiary/aromatic N) is 1. The van der Waals surface area contributed by atoms with Crippen LogP contribution in [-0.4, -0.2) is 37.9 Å². The fourth-order valence-corrected chi connectivity index (χ4v) is 1.63. The van der Waals surface area contributed by atoms with Crippen LogP contribution in [0.1, 0.15) is 18.1 Å². The molecule has 0 fully saturated rings. The molecular weight excluding hydrogens is 261 g/mol. The van der Waals surface area contributed by atoms with E-state index in [0.717, 1.165) is 12.1 Å². The Morgan fingerprint density at radius 3 is 2.85 bits per heavy atom. The molecule has 0 spiro atoms. The van der Waals surface area contributed by atoms with Gasteiger partial charge in [-0.25, -0.2) is 9.38 Å². The number of aliphatic imine (C=N–C) groups is 1. The van der Waals surface area contributed by atoms with Gasteiger partial charge in [0.25, 0.3) is 0 Å². The summed E-state index contributed by atoms with van der Waals surface area (Å²) in [5.41, 5.74) is 1.13. The zero-order chi connectivity index (χ0) is 14.8. The molecule has 0 aromatic heterocycles. The van der Waals surface area contributed by atoms with Crippen molar-refractivity contribution in [1.82, 2.24) is 10.6 Å². The summed E-state index contributed by atoms with van der Waals surface area (Å²) in [5, 5.41) is 15.3. The van der Waals surface area contributed by atoms with Gasteiger partial charge in [0.05, 0.1) is 19.8 Å². The van der Waals surface area contributed by atoms with E-state index in [4.69, 9.17) is 9.84 Å². The number of guanidine groups is 1. The van der Waals surface area contributed by atoms with Crippen LogP contribution in [-0.2, 0) is 17.9 Å². The molecular formula is C14H22FN3O2. The minimum atomic E-state index is -0.398. The molecule has 0 radical (unpaired) electrons. The van der Waals surface area contributed by atoms with Gasteiger partial charge in [-0.3, -0.25) is 0 Å². The third-order valence-corrected chi connectivity index (χ3v) is 2.64. The summed E-state index contributed by atoms with van der Waals surface area (Å²) in [5.74, 6) is 0.282. The summed E-state index contributed by atoms with van der Waals surface area (Å²) in [6, 6.07) is 4.63. The van der Waals surface area contributed by atoms with Crippen molar-refractivity contribution in [1.29, 1.82) is 0 Å². The number of halogens is 1. The van der Waals surface area contributed by atoms with E-state index in [9.17, 15) is 4.39 Å². The van der Waals surface area contributed by atoms with Gasteiger partial charge in [-0.1, -0.05) is 6.07 Å². The molecule has 1 rings (SSSR count). The number of aliphatic hydroxyl groups excluding tert-OH is 1. The van der Waals surface area contributed by atoms with Gasteiger partial charge in [0.1, 0.15) is 5.82 Å². The van der Waals surface area contributed by atoms with Gasteiger partial charge in [-0.05, 0) is 24.6 Å². The zero-order valence-corrected chi connectivity index (χ0v) is 11.9. The van der Waals surface area contributed by atoms with Crippen LogP contribution in [0.4, 0.5) is 4.39 Å². The van der Waals surface area contributed by atoms with Crippen molar-refractivity contribution in [2.75, 3.05) is 26.8 Å². The normalized spacial score (nSPS) is 11.5. The van der Waals surface area contributed by atoms with Crippen molar-refractivity contribution in [2.24, 2.45) is 4.99 Å². The third kappa shape index (κ3) is 5.54. The van der Waals surface area contributed by atoms with Crippen LogP contribution in [0.3, 0.4) is 0 Å². The highest BCUT2D eigenvalue weighted by Crippen LogP contribution is 2.11. The highest BCUT2D eigenvalue weighted by Gasteiger charge is 2.03. The van der Waals surface area contributed by atoms with Gasteiger partial charge in [-0.15, -0.1) is 0 Å². The molecule has 0 aliphatic rings. The second-order valence-corrected chi connectivity index (χ2v) is 4.20. The molecule has 0 saturated heterocycles. The van der Waals surface area contributed by atoms with Crippen molar-refractivity contribution >= 4 is 5.96 Å². The lowest BCUT2D eigenvalue weighted by Gasteiger charge is -2.11. The molecule has 5 nitrogen and oxygen atoms in total. The molecule has 0 atom stereocenters. The highest BCUT2D eigenvalue weighted by atomic mass is 19.1. The van der Waals surface area contributed by atoms with Crippen LogP contribution < -0.4 is 10.6 Å². The molecule has 6 heteroatoms. The van der Waals surface area contributed by atoms with E-state index < -0.39 is 5.82 Å². The first-order valence-corrected chi connectivity index (χ1v) is 6.60. The molecule has 1 aromatic rings. The number of hydrogen-bond donors (Lipinski definition) is 3. The quantitative estimate of drug-likeness (QED) is 0.397. The van der Waals surface area contributed by atoms with E-state index in [1.807, 2.05) is 6.92 Å². The topological polar surface area (TPSA) is 65.9 Å². The lowest BCUT2D eigenvalue weighted by atomic mass is 10.1. The van der Waals surface area contributed by atoms with Gasteiger partial charge in [-0.2, -0.15) is 0 Å². The Kier molecular flexibility index (Phi) is 7.60. The molecule has 0 amide bonds. The number of aliphatic hydroxyl groups is 1. The standard InChI is InChI=1S/C14H22FN3O2/c1-3-16-14(17-6-7-20-2)18-9-11-4-5-13(15)12(8-11)10-19/h4-5,8,19H,3,6-7,9-10H2,1-2H3,(H2,16,17,18). The van der Waals surface area contributed by atoms with E-state index in [1.165, 1.54) is 6.07 Å². The highest BCUT2D eigenvalue weighted by molar-refractivity contribution is 5.79. The molecule has 0 aliphatic carbocycles. The predicted molar refractivity (Wildman–Crippen MR) is 77.0 cm³/mol. The SMILES string of the molecule is CCNC(=NCc1ccc(F)c(CO)c1)NCCOC. The number of methoxy groups -OCH3 is 1. The summed E-state index contributed by atoms with van der Waals surface area (Å²) < 4.78 is 18.2. The molecule has 0 aliphatic heterocycles. The monoisotopic (exact) mass is 283 g/mol. The van der Waals surface area contributed by atoms with Crippen LogP contribution >= 0.6 is 0 Å². The maximum atomic E-state index is 13.3. The molecule has 0 saturated carbocycles. The van der Waals surface area contributed by atoms with E-state index in [2.05, 4.69) is 15.6 Å². The van der Waals surface area contributed by atoms with Crippen molar-refractivity contribution in [3.63, 3.8) is 0 Å². The van der Waals surface area contributed by atoms with Crippen LogP contribution in [0, 0.1) is 5.82 Å². The van der Waals surface area contributed by atoms with Crippen molar-refractivity contribution in [2.45, 2.75) is 20.1 Å². The Labute approximate surface area is 118 Å². The second kappa shape index (κ2) is 9.28. The van der Waals surface area contributed by atoms with E-state index >= 15 is 0 Å². The first-order valence-electron chi connectivity index (χ1n) is 6.60. The third-order valence-electron chi connectivity index (χ3n) is 2.64. The van der Waals surface area contributed by atoms with Gasteiger partial charge in [0, 0.05) is 25.8 Å². The van der Waals surface area contributed by atoms with E-state index in [0.29, 0.717) is 25.7 Å². The minimum absolute atomic E-state index is 0.287. The number of benzene rings is 1. The van der Waals surface area contributed by atoms with Gasteiger partial charge < -0.3 is 20.5 Å². The number of rotatable bonds is 7. The predicted octanol–water partition coefficient (Wildman–Crippen LogP) is 1.02. The summed E-state index contributed by atoms with van der Waals surface area (Å²) in [4.78, 5) is 4.40. The summed E-state index contributed by atoms with van der Waals surface area (Å²) >= 11 is 0. The summed E-state index contributed by atoms with van der Waals surface area (Å²) in [6.45, 7) is 4.09. The molecule has 0 unspecified atom stereocenters. The Bertz CT molecular complexity index is 438. The largest absolute Gasteiger partial charge is 0.392 e. The van der Waals surface area contributed by atoms with Crippen LogP contribution in [0.25, 0.3) is 0 Å². The minimum Gasteiger partial charge on any atom is -0.392 e. The molecule has 20 heavy (non-hydrogen) atoms. The molecule has 0 heterocycles. The number of ether oxygens (including phenoxy) is 1. The average molecular weight is 283 g/mol. The summed E-state index contributed by atoms with van der Waals surface area (Å²) in [7, 11) is 1.64. The maximum Gasteiger partial charge on any atom is 0.191 e. The van der Waals surface area contributed by atoms with Gasteiger partial charge in [0.2, 0.25) is 0 Å². The lowest BCUT2D eigenvalue weighted by molar-refractivity contribution is 0.203. The van der Waals surface area contributed by atoms with Gasteiger partial charge in [0.15, 0.2) is 5.96 Å². The van der Waals surface area contributed by atoms with Crippen LogP contribution in [0.5, 0.6) is 0 Å². The average Bonchev–Trinajstić information content (AvgIpc) is 2.46. The molecule has 112 valence electrons. The Hall–Kier alpha value is -1.66. The first-order chi connectivity index (χ1) is 9.71. The van der Waals surface area contributed by atoms with Crippen LogP contribution in [0.15, 0.2) is 23.2 Å². The van der Waals surface area contributed by atoms with E-state index in [-0.39, 0.29) is 12.2 Å². The fraction of sp³-hybridized carbons (Fsp3) is 0.500. The van der Waals surface area contributed by atoms with E-state index in [1.54, 1.807) is 19.2 Å². The van der Waals surface area contributed by atoms with Crippen molar-refractivity contribution < 1.29 is 14.2 Å². The second-order valence-electron chi connectivity index (χ2n) is 4.20. The van der Waals surface area contributed by atoms with Crippen molar-refractivity contribution in [3.05, 3.63) is 35.1 Å². The van der Waals surface area contributed by atoms with Crippen molar-refractivity contribution in [3.8, 4) is 0 Å². The first kappa shape index (κ1) is 16.4. The summed E-state index contributed by atoms with van der Waals surface area (Å²) in [6.07, 6.45) is 0. The lowest BCUT2D eigenvalue weighted by Crippen LogP contribution is -2.38. The molecule has 0 bridgehead atoms. The Balaban J connectivity index is 2.65. The number of nitrogens with one attached hydrogen (secondary N) is 2. The smallest absolute Gasteiger partial charge is 0.191 e. The maximum absolute atomic E-state index is 13.3. The Morgan fingerprint density at radius 2 is 2.20 bits per heavy atom. The van der Waals surface area contributed by atoms with Crippen LogP contribution in [0.2, 0.25) is 0 Å². The van der Waals surface area contributed by atoms with Gasteiger partial charge >= 0.3 is 0 Å². The zero-order valence-electron chi connectivity index (χ0n) is 11.9. The fourth-order valence-electron chi connectivity index (χ4n) is 1.63. The number of hydrogen-bond acceptors (Lipinski definition) is 3. The molecule has 3 N–H and O–H groups in total. The molecule has 1 aromatic carbocycles. The Morgan fingerprint density at radius 1 is 1.40 bits per heavy atom.